The lowest BCUT2D eigenvalue weighted by Gasteiger charge is -2.14. The maximum absolute atomic E-state index is 13.6. The monoisotopic (exact) mass is 300 g/mol. The maximum Gasteiger partial charge on any atom is 0.129 e. The number of aryl methyl sites for hydroxylation is 1. The summed E-state index contributed by atoms with van der Waals surface area (Å²) in [6.07, 6.45) is 0.940. The van der Waals surface area contributed by atoms with E-state index < -0.39 is 17.7 Å². The molecule has 1 heterocycles. The summed E-state index contributed by atoms with van der Waals surface area (Å²) in [5, 5.41) is 14.6. The van der Waals surface area contributed by atoms with E-state index in [0.717, 1.165) is 18.6 Å². The first kappa shape index (κ1) is 14.9. The van der Waals surface area contributed by atoms with Gasteiger partial charge in [0.05, 0.1) is 16.9 Å². The Labute approximate surface area is 120 Å². The summed E-state index contributed by atoms with van der Waals surface area (Å²) in [6.45, 7) is 2.54. The van der Waals surface area contributed by atoms with Crippen molar-refractivity contribution in [3.05, 3.63) is 52.3 Å². The fourth-order valence-corrected chi connectivity index (χ4v) is 2.38. The second-order valence-electron chi connectivity index (χ2n) is 4.52. The number of benzene rings is 1. The van der Waals surface area contributed by atoms with E-state index in [-0.39, 0.29) is 12.0 Å². The van der Waals surface area contributed by atoms with E-state index in [1.54, 1.807) is 4.68 Å². The predicted octanol–water partition coefficient (Wildman–Crippen LogP) is 3.50. The molecular formula is C14H15ClF2N2O. The molecule has 1 aromatic carbocycles. The van der Waals surface area contributed by atoms with Gasteiger partial charge in [0.2, 0.25) is 0 Å². The second kappa shape index (κ2) is 6.33. The van der Waals surface area contributed by atoms with Gasteiger partial charge in [-0.2, -0.15) is 5.10 Å². The highest BCUT2D eigenvalue weighted by Crippen LogP contribution is 2.27. The van der Waals surface area contributed by atoms with Crippen LogP contribution in [0.4, 0.5) is 8.78 Å². The maximum atomic E-state index is 13.6. The largest absolute Gasteiger partial charge is 0.386 e. The summed E-state index contributed by atoms with van der Waals surface area (Å²) in [4.78, 5) is 0. The van der Waals surface area contributed by atoms with E-state index in [1.165, 1.54) is 12.3 Å². The van der Waals surface area contributed by atoms with Gasteiger partial charge in [-0.3, -0.25) is 4.68 Å². The highest BCUT2D eigenvalue weighted by molar-refractivity contribution is 6.31. The third kappa shape index (κ3) is 2.99. The minimum Gasteiger partial charge on any atom is -0.386 e. The molecule has 0 aliphatic rings. The zero-order valence-electron chi connectivity index (χ0n) is 11.0. The van der Waals surface area contributed by atoms with Crippen molar-refractivity contribution in [2.24, 2.45) is 0 Å². The van der Waals surface area contributed by atoms with E-state index in [9.17, 15) is 13.9 Å². The SMILES string of the molecule is CCCn1ncc(Cl)c1C(O)Cc1c(F)cccc1F. The first-order valence-electron chi connectivity index (χ1n) is 6.36. The molecule has 20 heavy (non-hydrogen) atoms. The first-order chi connectivity index (χ1) is 9.54. The van der Waals surface area contributed by atoms with Crippen molar-refractivity contribution in [1.29, 1.82) is 0 Å². The van der Waals surface area contributed by atoms with Gasteiger partial charge < -0.3 is 5.11 Å². The summed E-state index contributed by atoms with van der Waals surface area (Å²) in [5.74, 6) is -1.36. The molecule has 108 valence electrons. The number of nitrogens with zero attached hydrogens (tertiary/aromatic N) is 2. The lowest BCUT2D eigenvalue weighted by molar-refractivity contribution is 0.164. The third-order valence-electron chi connectivity index (χ3n) is 3.04. The van der Waals surface area contributed by atoms with E-state index in [4.69, 9.17) is 11.6 Å². The van der Waals surface area contributed by atoms with Crippen molar-refractivity contribution in [1.82, 2.24) is 9.78 Å². The van der Waals surface area contributed by atoms with Gasteiger partial charge in [0.25, 0.3) is 0 Å². The van der Waals surface area contributed by atoms with E-state index in [0.29, 0.717) is 17.3 Å². The molecule has 0 radical (unpaired) electrons. The lowest BCUT2D eigenvalue weighted by Crippen LogP contribution is -2.13. The number of hydrogen-bond donors (Lipinski definition) is 1. The number of halogens is 3. The Hall–Kier alpha value is -1.46. The Morgan fingerprint density at radius 3 is 2.60 bits per heavy atom. The van der Waals surface area contributed by atoms with Crippen LogP contribution in [-0.2, 0) is 13.0 Å². The third-order valence-corrected chi connectivity index (χ3v) is 3.33. The molecular weight excluding hydrogens is 286 g/mol. The van der Waals surface area contributed by atoms with Gasteiger partial charge >= 0.3 is 0 Å². The van der Waals surface area contributed by atoms with E-state index in [2.05, 4.69) is 5.10 Å². The number of aliphatic hydroxyl groups is 1. The van der Waals surface area contributed by atoms with Crippen LogP contribution >= 0.6 is 11.6 Å². The molecule has 0 spiro atoms. The molecule has 0 saturated heterocycles. The highest BCUT2D eigenvalue weighted by Gasteiger charge is 2.21. The van der Waals surface area contributed by atoms with Crippen molar-refractivity contribution >= 4 is 11.6 Å². The summed E-state index contributed by atoms with van der Waals surface area (Å²) >= 11 is 5.99. The molecule has 2 aromatic rings. The summed E-state index contributed by atoms with van der Waals surface area (Å²) < 4.78 is 28.8. The van der Waals surface area contributed by atoms with Crippen molar-refractivity contribution in [3.63, 3.8) is 0 Å². The van der Waals surface area contributed by atoms with Crippen LogP contribution in [0.5, 0.6) is 0 Å². The van der Waals surface area contributed by atoms with Crippen molar-refractivity contribution in [2.45, 2.75) is 32.4 Å². The predicted molar refractivity (Wildman–Crippen MR) is 72.5 cm³/mol. The first-order valence-corrected chi connectivity index (χ1v) is 6.74. The molecule has 3 nitrogen and oxygen atoms in total. The van der Waals surface area contributed by atoms with E-state index >= 15 is 0 Å². The Morgan fingerprint density at radius 2 is 2.00 bits per heavy atom. The molecule has 0 bridgehead atoms. The summed E-state index contributed by atoms with van der Waals surface area (Å²) in [5.41, 5.74) is 0.233. The van der Waals surface area contributed by atoms with Crippen LogP contribution in [0.15, 0.2) is 24.4 Å². The van der Waals surface area contributed by atoms with Crippen molar-refractivity contribution in [3.8, 4) is 0 Å². The number of aliphatic hydroxyl groups excluding tert-OH is 1. The molecule has 1 atom stereocenters. The summed E-state index contributed by atoms with van der Waals surface area (Å²) in [6, 6.07) is 3.61. The highest BCUT2D eigenvalue weighted by atomic mass is 35.5. The molecule has 0 amide bonds. The van der Waals surface area contributed by atoms with Crippen molar-refractivity contribution in [2.75, 3.05) is 0 Å². The second-order valence-corrected chi connectivity index (χ2v) is 4.93. The molecule has 6 heteroatoms. The molecule has 1 aromatic heterocycles. The Kier molecular flexibility index (Phi) is 4.73. The van der Waals surface area contributed by atoms with Gasteiger partial charge in [0, 0.05) is 18.5 Å². The number of hydrogen-bond acceptors (Lipinski definition) is 2. The van der Waals surface area contributed by atoms with Gasteiger partial charge in [-0.25, -0.2) is 8.78 Å². The number of aromatic nitrogens is 2. The van der Waals surface area contributed by atoms with Crippen LogP contribution in [-0.4, -0.2) is 14.9 Å². The topological polar surface area (TPSA) is 38.0 Å². The Morgan fingerprint density at radius 1 is 1.35 bits per heavy atom. The van der Waals surface area contributed by atoms with Crippen molar-refractivity contribution < 1.29 is 13.9 Å². The molecule has 0 saturated carbocycles. The van der Waals surface area contributed by atoms with Gasteiger partial charge in [0.1, 0.15) is 17.7 Å². The Balaban J connectivity index is 2.28. The van der Waals surface area contributed by atoms with Gasteiger partial charge in [-0.05, 0) is 18.6 Å². The van der Waals surface area contributed by atoms with E-state index in [1.807, 2.05) is 6.92 Å². The van der Waals surface area contributed by atoms with Crippen LogP contribution in [0.2, 0.25) is 5.02 Å². The molecule has 0 aliphatic carbocycles. The van der Waals surface area contributed by atoms with Crippen LogP contribution in [0.1, 0.15) is 30.7 Å². The zero-order chi connectivity index (χ0) is 14.7. The average molecular weight is 301 g/mol. The van der Waals surface area contributed by atoms with Gasteiger partial charge in [0.15, 0.2) is 0 Å². The summed E-state index contributed by atoms with van der Waals surface area (Å²) in [7, 11) is 0. The van der Waals surface area contributed by atoms with Gasteiger partial charge in [-0.15, -0.1) is 0 Å². The standard InChI is InChI=1S/C14H15ClF2N2O/c1-2-6-19-14(10(15)8-18-19)13(20)7-9-11(16)4-3-5-12(9)17/h3-5,8,13,20H,2,6-7H2,1H3. The minimum atomic E-state index is -1.11. The van der Waals surface area contributed by atoms with Crippen LogP contribution < -0.4 is 0 Å². The molecule has 1 N–H and O–H groups in total. The Bertz CT molecular complexity index is 581. The normalized spacial score (nSPS) is 12.7. The quantitative estimate of drug-likeness (QED) is 0.918. The minimum absolute atomic E-state index is 0.152. The van der Waals surface area contributed by atoms with Crippen LogP contribution in [0.3, 0.4) is 0 Å². The van der Waals surface area contributed by atoms with Gasteiger partial charge in [-0.1, -0.05) is 24.6 Å². The fraction of sp³-hybridized carbons (Fsp3) is 0.357. The van der Waals surface area contributed by atoms with Crippen LogP contribution in [0.25, 0.3) is 0 Å². The number of rotatable bonds is 5. The molecule has 0 aliphatic heterocycles. The lowest BCUT2D eigenvalue weighted by atomic mass is 10.0. The molecule has 2 rings (SSSR count). The molecule has 1 unspecified atom stereocenters. The average Bonchev–Trinajstić information content (AvgIpc) is 2.76. The molecule has 0 fully saturated rings. The zero-order valence-corrected chi connectivity index (χ0v) is 11.7. The van der Waals surface area contributed by atoms with Crippen LogP contribution in [0, 0.1) is 11.6 Å². The smallest absolute Gasteiger partial charge is 0.129 e. The fourth-order valence-electron chi connectivity index (χ4n) is 2.11.